The van der Waals surface area contributed by atoms with Crippen molar-refractivity contribution in [2.75, 3.05) is 25.2 Å². The van der Waals surface area contributed by atoms with Gasteiger partial charge in [-0.25, -0.2) is 9.59 Å². The molecule has 0 aliphatic heterocycles. The van der Waals surface area contributed by atoms with Crippen LogP contribution in [0.4, 0.5) is 4.79 Å². The van der Waals surface area contributed by atoms with Crippen molar-refractivity contribution in [3.05, 3.63) is 48.0 Å². The van der Waals surface area contributed by atoms with Gasteiger partial charge < -0.3 is 14.8 Å². The van der Waals surface area contributed by atoms with E-state index >= 15 is 0 Å². The highest BCUT2D eigenvalue weighted by Gasteiger charge is 2.06. The molecule has 6 heteroatoms. The van der Waals surface area contributed by atoms with E-state index in [1.807, 2.05) is 30.3 Å². The number of hydrogen-bond donors (Lipinski definition) is 1. The molecule has 1 rings (SSSR count). The molecule has 0 atom stereocenters. The Labute approximate surface area is 128 Å². The van der Waals surface area contributed by atoms with Crippen molar-refractivity contribution in [2.45, 2.75) is 6.54 Å². The maximum atomic E-state index is 11.4. The van der Waals surface area contributed by atoms with Gasteiger partial charge in [0, 0.05) is 23.6 Å². The van der Waals surface area contributed by atoms with E-state index in [-0.39, 0.29) is 6.61 Å². The lowest BCUT2D eigenvalue weighted by atomic mass is 10.2. The fourth-order valence-electron chi connectivity index (χ4n) is 1.41. The van der Waals surface area contributed by atoms with E-state index in [2.05, 4.69) is 16.6 Å². The molecule has 0 aromatic heterocycles. The number of rotatable bonds is 8. The lowest BCUT2D eigenvalue weighted by molar-refractivity contribution is -0.135. The average Bonchev–Trinajstić information content (AvgIpc) is 2.52. The number of amides is 1. The number of hydrogen-bond acceptors (Lipinski definition) is 5. The summed E-state index contributed by atoms with van der Waals surface area (Å²) in [6, 6.07) is 9.59. The second-order valence-electron chi connectivity index (χ2n) is 4.12. The molecule has 1 amide bonds. The van der Waals surface area contributed by atoms with Gasteiger partial charge in [0.05, 0.1) is 7.11 Å². The molecule has 1 N–H and O–H groups in total. The fourth-order valence-corrected chi connectivity index (χ4v) is 2.12. The topological polar surface area (TPSA) is 64.6 Å². The third kappa shape index (κ3) is 7.41. The molecule has 0 spiro atoms. The molecule has 0 bridgehead atoms. The normalized spacial score (nSPS) is 9.76. The highest BCUT2D eigenvalue weighted by atomic mass is 32.2. The summed E-state index contributed by atoms with van der Waals surface area (Å²) in [4.78, 5) is 22.5. The largest absolute Gasteiger partial charge is 0.466 e. The zero-order chi connectivity index (χ0) is 15.5. The Kier molecular flexibility index (Phi) is 8.04. The standard InChI is InChI=1S/C15H19NO4S/c1-12(14(17)19-2)11-21-9-8-20-15(18)16-10-13-6-4-3-5-7-13/h3-7H,1,8-11H2,2H3,(H,16,18). The first kappa shape index (κ1) is 17.1. The summed E-state index contributed by atoms with van der Waals surface area (Å²) in [6.07, 6.45) is -0.453. The number of nitrogens with one attached hydrogen (secondary N) is 1. The van der Waals surface area contributed by atoms with Crippen molar-refractivity contribution in [2.24, 2.45) is 0 Å². The Morgan fingerprint density at radius 2 is 2.00 bits per heavy atom. The van der Waals surface area contributed by atoms with Crippen LogP contribution >= 0.6 is 11.8 Å². The molecular formula is C15H19NO4S. The van der Waals surface area contributed by atoms with E-state index in [4.69, 9.17) is 4.74 Å². The van der Waals surface area contributed by atoms with E-state index in [0.717, 1.165) is 5.56 Å². The van der Waals surface area contributed by atoms with E-state index < -0.39 is 12.1 Å². The van der Waals surface area contributed by atoms with Crippen LogP contribution < -0.4 is 5.32 Å². The van der Waals surface area contributed by atoms with Crippen LogP contribution in [0.2, 0.25) is 0 Å². The van der Waals surface area contributed by atoms with Crippen LogP contribution in [-0.4, -0.2) is 37.3 Å². The van der Waals surface area contributed by atoms with Crippen molar-refractivity contribution in [3.63, 3.8) is 0 Å². The molecular weight excluding hydrogens is 290 g/mol. The Morgan fingerprint density at radius 1 is 1.29 bits per heavy atom. The smallest absolute Gasteiger partial charge is 0.407 e. The van der Waals surface area contributed by atoms with Gasteiger partial charge in [0.2, 0.25) is 0 Å². The zero-order valence-electron chi connectivity index (χ0n) is 12.0. The van der Waals surface area contributed by atoms with Gasteiger partial charge in [-0.15, -0.1) is 0 Å². The number of benzene rings is 1. The summed E-state index contributed by atoms with van der Waals surface area (Å²) >= 11 is 1.46. The number of carbonyl (C=O) groups is 2. The summed E-state index contributed by atoms with van der Waals surface area (Å²) in [6.45, 7) is 4.32. The van der Waals surface area contributed by atoms with Crippen LogP contribution in [0.15, 0.2) is 42.5 Å². The van der Waals surface area contributed by atoms with Gasteiger partial charge in [-0.1, -0.05) is 36.9 Å². The molecule has 0 saturated carbocycles. The zero-order valence-corrected chi connectivity index (χ0v) is 12.8. The maximum absolute atomic E-state index is 11.4. The van der Waals surface area contributed by atoms with Gasteiger partial charge in [-0.05, 0) is 5.56 Å². The number of ether oxygens (including phenoxy) is 2. The molecule has 0 radical (unpaired) electrons. The van der Waals surface area contributed by atoms with Crippen molar-refractivity contribution < 1.29 is 19.1 Å². The third-order valence-corrected chi connectivity index (χ3v) is 3.50. The van der Waals surface area contributed by atoms with E-state index in [1.165, 1.54) is 18.9 Å². The summed E-state index contributed by atoms with van der Waals surface area (Å²) in [5, 5.41) is 2.66. The highest BCUT2D eigenvalue weighted by Crippen LogP contribution is 2.07. The Morgan fingerprint density at radius 3 is 2.67 bits per heavy atom. The predicted octanol–water partition coefficient (Wildman–Crippen LogP) is 2.38. The monoisotopic (exact) mass is 309 g/mol. The van der Waals surface area contributed by atoms with Crippen molar-refractivity contribution in [1.29, 1.82) is 0 Å². The summed E-state index contributed by atoms with van der Waals surface area (Å²) < 4.78 is 9.55. The number of thioether (sulfide) groups is 1. The molecule has 5 nitrogen and oxygen atoms in total. The minimum Gasteiger partial charge on any atom is -0.466 e. The number of carbonyl (C=O) groups excluding carboxylic acids is 2. The van der Waals surface area contributed by atoms with Crippen LogP contribution in [0.5, 0.6) is 0 Å². The van der Waals surface area contributed by atoms with Crippen molar-refractivity contribution in [3.8, 4) is 0 Å². The third-order valence-electron chi connectivity index (χ3n) is 2.49. The quantitative estimate of drug-likeness (QED) is 0.454. The summed E-state index contributed by atoms with van der Waals surface area (Å²) in [5.74, 6) is 0.639. The lowest BCUT2D eigenvalue weighted by Crippen LogP contribution is -2.24. The first-order chi connectivity index (χ1) is 10.1. The van der Waals surface area contributed by atoms with Crippen LogP contribution in [-0.2, 0) is 20.8 Å². The lowest BCUT2D eigenvalue weighted by Gasteiger charge is -2.07. The van der Waals surface area contributed by atoms with Crippen LogP contribution in [0, 0.1) is 0 Å². The van der Waals surface area contributed by atoms with Gasteiger partial charge in [-0.3, -0.25) is 0 Å². The molecule has 0 unspecified atom stereocenters. The molecule has 21 heavy (non-hydrogen) atoms. The van der Waals surface area contributed by atoms with E-state index in [0.29, 0.717) is 23.6 Å². The van der Waals surface area contributed by atoms with Gasteiger partial charge in [0.1, 0.15) is 6.61 Å². The van der Waals surface area contributed by atoms with Crippen LogP contribution in [0.3, 0.4) is 0 Å². The Bertz CT molecular complexity index is 476. The number of alkyl carbamates (subject to hydrolysis) is 1. The van der Waals surface area contributed by atoms with Gasteiger partial charge in [0.15, 0.2) is 0 Å². The van der Waals surface area contributed by atoms with Crippen LogP contribution in [0.1, 0.15) is 5.56 Å². The van der Waals surface area contributed by atoms with Gasteiger partial charge >= 0.3 is 12.1 Å². The first-order valence-corrected chi connectivity index (χ1v) is 7.57. The number of esters is 1. The predicted molar refractivity (Wildman–Crippen MR) is 83.1 cm³/mol. The minimum absolute atomic E-state index is 0.278. The second kappa shape index (κ2) is 9.88. The Hall–Kier alpha value is -1.95. The molecule has 0 heterocycles. The minimum atomic E-state index is -0.453. The summed E-state index contributed by atoms with van der Waals surface area (Å²) in [7, 11) is 1.32. The van der Waals surface area contributed by atoms with Gasteiger partial charge in [0.25, 0.3) is 0 Å². The Balaban J connectivity index is 2.06. The highest BCUT2D eigenvalue weighted by molar-refractivity contribution is 7.99. The van der Waals surface area contributed by atoms with E-state index in [1.54, 1.807) is 0 Å². The van der Waals surface area contributed by atoms with E-state index in [9.17, 15) is 9.59 Å². The molecule has 0 aliphatic carbocycles. The van der Waals surface area contributed by atoms with Crippen molar-refractivity contribution in [1.82, 2.24) is 5.32 Å². The maximum Gasteiger partial charge on any atom is 0.407 e. The molecule has 1 aromatic rings. The molecule has 0 fully saturated rings. The van der Waals surface area contributed by atoms with Gasteiger partial charge in [-0.2, -0.15) is 11.8 Å². The average molecular weight is 309 g/mol. The SMILES string of the molecule is C=C(CSCCOC(=O)NCc1ccccc1)C(=O)OC. The second-order valence-corrected chi connectivity index (χ2v) is 5.23. The summed E-state index contributed by atoms with van der Waals surface area (Å²) in [5.41, 5.74) is 1.41. The molecule has 0 saturated heterocycles. The molecule has 114 valence electrons. The molecule has 1 aromatic carbocycles. The molecule has 0 aliphatic rings. The van der Waals surface area contributed by atoms with Crippen molar-refractivity contribution >= 4 is 23.8 Å². The van der Waals surface area contributed by atoms with Crippen LogP contribution in [0.25, 0.3) is 0 Å². The first-order valence-electron chi connectivity index (χ1n) is 6.42. The number of methoxy groups -OCH3 is 1. The fraction of sp³-hybridized carbons (Fsp3) is 0.333.